The van der Waals surface area contributed by atoms with Gasteiger partial charge in [0, 0.05) is 17.6 Å². The van der Waals surface area contributed by atoms with E-state index >= 15 is 0 Å². The lowest BCUT2D eigenvalue weighted by Gasteiger charge is -2.22. The molecule has 1 N–H and O–H groups in total. The van der Waals surface area contributed by atoms with E-state index in [0.717, 1.165) is 13.0 Å². The summed E-state index contributed by atoms with van der Waals surface area (Å²) in [5.41, 5.74) is 0. The number of piperidine rings is 1. The number of ketones is 1. The molecular weight excluding hydrogens is 224 g/mol. The fourth-order valence-electron chi connectivity index (χ4n) is 1.78. The molecule has 1 aliphatic rings. The normalized spacial score (nSPS) is 20.9. The van der Waals surface area contributed by atoms with Crippen molar-refractivity contribution in [2.75, 3.05) is 19.8 Å². The van der Waals surface area contributed by atoms with Crippen molar-refractivity contribution in [2.45, 2.75) is 25.3 Å². The SMILES string of the molecule is O=C(COC[C@H]1CCCCN1)c1nccs1. The summed E-state index contributed by atoms with van der Waals surface area (Å²) in [5, 5.41) is 5.72. The Hall–Kier alpha value is -0.780. The predicted octanol–water partition coefficient (Wildman–Crippen LogP) is 1.48. The third kappa shape index (κ3) is 3.37. The molecule has 0 aromatic carbocycles. The Bertz CT molecular complexity index is 321. The highest BCUT2D eigenvalue weighted by atomic mass is 32.1. The molecule has 0 bridgehead atoms. The number of hydrogen-bond donors (Lipinski definition) is 1. The third-order valence-electron chi connectivity index (χ3n) is 2.64. The van der Waals surface area contributed by atoms with Crippen LogP contribution >= 0.6 is 11.3 Å². The Balaban J connectivity index is 1.66. The molecule has 1 fully saturated rings. The maximum Gasteiger partial charge on any atom is 0.216 e. The van der Waals surface area contributed by atoms with E-state index in [9.17, 15) is 4.79 Å². The lowest BCUT2D eigenvalue weighted by atomic mass is 10.1. The largest absolute Gasteiger partial charge is 0.372 e. The first-order valence-electron chi connectivity index (χ1n) is 5.60. The molecule has 0 aliphatic carbocycles. The Morgan fingerprint density at radius 2 is 2.56 bits per heavy atom. The lowest BCUT2D eigenvalue weighted by Crippen LogP contribution is -2.38. The summed E-state index contributed by atoms with van der Waals surface area (Å²) in [6.07, 6.45) is 5.28. The molecule has 1 aliphatic heterocycles. The van der Waals surface area contributed by atoms with Gasteiger partial charge in [0.2, 0.25) is 5.78 Å². The van der Waals surface area contributed by atoms with Crippen LogP contribution in [0.4, 0.5) is 0 Å². The minimum atomic E-state index is -0.0224. The van der Waals surface area contributed by atoms with Crippen molar-refractivity contribution in [3.8, 4) is 0 Å². The van der Waals surface area contributed by atoms with Crippen molar-refractivity contribution in [1.29, 1.82) is 0 Å². The second-order valence-corrected chi connectivity index (χ2v) is 4.82. The quantitative estimate of drug-likeness (QED) is 0.792. The van der Waals surface area contributed by atoms with E-state index < -0.39 is 0 Å². The summed E-state index contributed by atoms with van der Waals surface area (Å²) in [7, 11) is 0. The van der Waals surface area contributed by atoms with Gasteiger partial charge in [0.1, 0.15) is 6.61 Å². The Labute approximate surface area is 99.0 Å². The monoisotopic (exact) mass is 240 g/mol. The fourth-order valence-corrected chi connectivity index (χ4v) is 2.35. The first kappa shape index (κ1) is 11.7. The third-order valence-corrected chi connectivity index (χ3v) is 3.45. The second kappa shape index (κ2) is 6.08. The maximum absolute atomic E-state index is 11.5. The molecule has 0 radical (unpaired) electrons. The first-order chi connectivity index (χ1) is 7.86. The smallest absolute Gasteiger partial charge is 0.216 e. The standard InChI is InChI=1S/C11H16N2O2S/c14-10(11-13-5-6-16-11)8-15-7-9-3-1-2-4-12-9/h5-6,9,12H,1-4,7-8H2/t9-/m1/s1. The van der Waals surface area contributed by atoms with Crippen LogP contribution in [0.25, 0.3) is 0 Å². The molecule has 5 heteroatoms. The van der Waals surface area contributed by atoms with Crippen molar-refractivity contribution < 1.29 is 9.53 Å². The zero-order valence-electron chi connectivity index (χ0n) is 9.15. The number of rotatable bonds is 5. The highest BCUT2D eigenvalue weighted by molar-refractivity contribution is 7.11. The highest BCUT2D eigenvalue weighted by Gasteiger charge is 2.14. The Kier molecular flexibility index (Phi) is 4.44. The summed E-state index contributed by atoms with van der Waals surface area (Å²) in [6.45, 7) is 1.83. The molecule has 2 rings (SSSR count). The number of nitrogens with one attached hydrogen (secondary N) is 1. The number of thiazole rings is 1. The molecule has 1 saturated heterocycles. The molecule has 1 aromatic heterocycles. The summed E-state index contributed by atoms with van der Waals surface area (Å²) >= 11 is 1.36. The van der Waals surface area contributed by atoms with Crippen molar-refractivity contribution in [1.82, 2.24) is 10.3 Å². The second-order valence-electron chi connectivity index (χ2n) is 3.92. The van der Waals surface area contributed by atoms with Gasteiger partial charge < -0.3 is 10.1 Å². The zero-order valence-corrected chi connectivity index (χ0v) is 9.96. The van der Waals surface area contributed by atoms with Gasteiger partial charge in [-0.15, -0.1) is 11.3 Å². The van der Waals surface area contributed by atoms with Gasteiger partial charge in [0.15, 0.2) is 5.01 Å². The van der Waals surface area contributed by atoms with Gasteiger partial charge in [-0.05, 0) is 19.4 Å². The Morgan fingerprint density at radius 1 is 1.62 bits per heavy atom. The molecule has 2 heterocycles. The molecule has 0 spiro atoms. The molecule has 0 saturated carbocycles. The van der Waals surface area contributed by atoms with E-state index in [0.29, 0.717) is 17.7 Å². The van der Waals surface area contributed by atoms with Crippen LogP contribution in [0.2, 0.25) is 0 Å². The van der Waals surface area contributed by atoms with Crippen LogP contribution in [-0.2, 0) is 4.74 Å². The maximum atomic E-state index is 11.5. The molecule has 1 aromatic rings. The van der Waals surface area contributed by atoms with E-state index in [2.05, 4.69) is 10.3 Å². The van der Waals surface area contributed by atoms with Gasteiger partial charge in [0.05, 0.1) is 6.61 Å². The number of aromatic nitrogens is 1. The minimum Gasteiger partial charge on any atom is -0.372 e. The molecular formula is C11H16N2O2S. The van der Waals surface area contributed by atoms with Crippen LogP contribution in [0.1, 0.15) is 29.1 Å². The molecule has 16 heavy (non-hydrogen) atoms. The summed E-state index contributed by atoms with van der Waals surface area (Å²) in [5.74, 6) is -0.0224. The average molecular weight is 240 g/mol. The summed E-state index contributed by atoms with van der Waals surface area (Å²) in [4.78, 5) is 15.5. The van der Waals surface area contributed by atoms with Crippen molar-refractivity contribution in [3.05, 3.63) is 16.6 Å². The van der Waals surface area contributed by atoms with Crippen molar-refractivity contribution >= 4 is 17.1 Å². The fraction of sp³-hybridized carbons (Fsp3) is 0.636. The van der Waals surface area contributed by atoms with E-state index in [4.69, 9.17) is 4.74 Å². The molecule has 4 nitrogen and oxygen atoms in total. The topological polar surface area (TPSA) is 51.2 Å². The van der Waals surface area contributed by atoms with E-state index in [-0.39, 0.29) is 12.4 Å². The van der Waals surface area contributed by atoms with E-state index in [1.165, 1.54) is 24.2 Å². The highest BCUT2D eigenvalue weighted by Crippen LogP contribution is 2.08. The van der Waals surface area contributed by atoms with Gasteiger partial charge in [-0.3, -0.25) is 4.79 Å². The van der Waals surface area contributed by atoms with Crippen LogP contribution < -0.4 is 5.32 Å². The van der Waals surface area contributed by atoms with Gasteiger partial charge >= 0.3 is 0 Å². The van der Waals surface area contributed by atoms with Gasteiger partial charge in [-0.1, -0.05) is 6.42 Å². The van der Waals surface area contributed by atoms with Crippen LogP contribution in [0.5, 0.6) is 0 Å². The molecule has 0 amide bonds. The summed E-state index contributed by atoms with van der Waals surface area (Å²) in [6, 6.07) is 0.415. The van der Waals surface area contributed by atoms with Crippen LogP contribution in [0.15, 0.2) is 11.6 Å². The zero-order chi connectivity index (χ0) is 11.2. The van der Waals surface area contributed by atoms with Crippen LogP contribution in [-0.4, -0.2) is 36.6 Å². The van der Waals surface area contributed by atoms with Crippen molar-refractivity contribution in [3.63, 3.8) is 0 Å². The average Bonchev–Trinajstić information content (AvgIpc) is 2.84. The van der Waals surface area contributed by atoms with Crippen LogP contribution in [0.3, 0.4) is 0 Å². The van der Waals surface area contributed by atoms with Crippen molar-refractivity contribution in [2.24, 2.45) is 0 Å². The Morgan fingerprint density at radius 3 is 3.25 bits per heavy atom. The molecule has 88 valence electrons. The van der Waals surface area contributed by atoms with Crippen LogP contribution in [0, 0.1) is 0 Å². The van der Waals surface area contributed by atoms with E-state index in [1.54, 1.807) is 11.6 Å². The predicted molar refractivity (Wildman–Crippen MR) is 62.9 cm³/mol. The van der Waals surface area contributed by atoms with Gasteiger partial charge in [0.25, 0.3) is 0 Å². The van der Waals surface area contributed by atoms with E-state index in [1.807, 2.05) is 0 Å². The molecule has 0 unspecified atom stereocenters. The number of ether oxygens (including phenoxy) is 1. The minimum absolute atomic E-state index is 0.0224. The number of carbonyl (C=O) groups excluding carboxylic acids is 1. The number of carbonyl (C=O) groups is 1. The van der Waals surface area contributed by atoms with Gasteiger partial charge in [-0.2, -0.15) is 0 Å². The number of nitrogens with zero attached hydrogens (tertiary/aromatic N) is 1. The first-order valence-corrected chi connectivity index (χ1v) is 6.48. The summed E-state index contributed by atoms with van der Waals surface area (Å²) < 4.78 is 5.41. The number of Topliss-reactive ketones (excluding diaryl/α,β-unsaturated/α-hetero) is 1. The molecule has 1 atom stereocenters. The lowest BCUT2D eigenvalue weighted by molar-refractivity contribution is 0.0691. The van der Waals surface area contributed by atoms with Gasteiger partial charge in [-0.25, -0.2) is 4.98 Å². The number of hydrogen-bond acceptors (Lipinski definition) is 5.